The lowest BCUT2D eigenvalue weighted by atomic mass is 10.2. The van der Waals surface area contributed by atoms with Gasteiger partial charge in [-0.15, -0.1) is 10.2 Å². The Hall–Kier alpha value is -1.91. The molecular weight excluding hydrogens is 248 g/mol. The van der Waals surface area contributed by atoms with Crippen LogP contribution in [0.15, 0.2) is 42.6 Å². The maximum absolute atomic E-state index is 6.17. The summed E-state index contributed by atoms with van der Waals surface area (Å²) in [6, 6.07) is 11.5. The highest BCUT2D eigenvalue weighted by molar-refractivity contribution is 6.33. The van der Waals surface area contributed by atoms with Crippen molar-refractivity contribution in [3.05, 3.63) is 53.2 Å². The number of aromatic nitrogens is 3. The van der Waals surface area contributed by atoms with E-state index in [1.165, 1.54) is 0 Å². The summed E-state index contributed by atoms with van der Waals surface area (Å²) < 4.78 is 1.90. The molecule has 3 aromatic rings. The largest absolute Gasteiger partial charge is 0.326 e. The zero-order valence-corrected chi connectivity index (χ0v) is 10.3. The number of pyridine rings is 1. The van der Waals surface area contributed by atoms with Crippen molar-refractivity contribution in [1.29, 1.82) is 0 Å². The van der Waals surface area contributed by atoms with E-state index in [1.807, 2.05) is 47.0 Å². The molecule has 0 atom stereocenters. The fraction of sp³-hybridized carbons (Fsp3) is 0.0769. The van der Waals surface area contributed by atoms with Crippen molar-refractivity contribution in [2.75, 3.05) is 0 Å². The first-order chi connectivity index (χ1) is 8.79. The minimum absolute atomic E-state index is 0.491. The standard InChI is InChI=1S/C13H11ClN4/c14-11-4-2-1-3-10(11)13-17-16-12-7-9(8-15)5-6-18(12)13/h1-7H,8,15H2. The molecule has 2 heterocycles. The third-order valence-electron chi connectivity index (χ3n) is 2.82. The molecule has 4 nitrogen and oxygen atoms in total. The Morgan fingerprint density at radius 3 is 2.78 bits per heavy atom. The number of rotatable bonds is 2. The molecule has 3 rings (SSSR count). The van der Waals surface area contributed by atoms with Crippen molar-refractivity contribution in [3.63, 3.8) is 0 Å². The van der Waals surface area contributed by atoms with Crippen LogP contribution in [0, 0.1) is 0 Å². The number of fused-ring (bicyclic) bond motifs is 1. The molecule has 5 heteroatoms. The van der Waals surface area contributed by atoms with E-state index in [9.17, 15) is 0 Å². The van der Waals surface area contributed by atoms with E-state index in [-0.39, 0.29) is 0 Å². The SMILES string of the molecule is NCc1ccn2c(-c3ccccc3Cl)nnc2c1. The predicted octanol–water partition coefficient (Wildman–Crippen LogP) is 2.51. The molecule has 2 N–H and O–H groups in total. The molecule has 90 valence electrons. The first kappa shape index (κ1) is 11.2. The van der Waals surface area contributed by atoms with Gasteiger partial charge in [0.25, 0.3) is 0 Å². The lowest BCUT2D eigenvalue weighted by Gasteiger charge is -2.03. The molecule has 0 saturated carbocycles. The number of benzene rings is 1. The second-order valence-electron chi connectivity index (χ2n) is 3.97. The number of hydrogen-bond donors (Lipinski definition) is 1. The molecular formula is C13H11ClN4. The summed E-state index contributed by atoms with van der Waals surface area (Å²) in [5.74, 6) is 0.735. The summed E-state index contributed by atoms with van der Waals surface area (Å²) in [5, 5.41) is 8.99. The molecule has 1 aromatic carbocycles. The zero-order chi connectivity index (χ0) is 12.5. The van der Waals surface area contributed by atoms with Crippen molar-refractivity contribution in [2.45, 2.75) is 6.54 Å². The van der Waals surface area contributed by atoms with Gasteiger partial charge in [0.2, 0.25) is 0 Å². The molecule has 0 radical (unpaired) electrons. The molecule has 0 bridgehead atoms. The van der Waals surface area contributed by atoms with Crippen LogP contribution in [0.5, 0.6) is 0 Å². The number of halogens is 1. The van der Waals surface area contributed by atoms with Crippen LogP contribution in [0.2, 0.25) is 5.02 Å². The third-order valence-corrected chi connectivity index (χ3v) is 3.15. The van der Waals surface area contributed by atoms with Gasteiger partial charge in [-0.05, 0) is 29.8 Å². The van der Waals surface area contributed by atoms with Gasteiger partial charge < -0.3 is 5.73 Å². The van der Waals surface area contributed by atoms with E-state index in [0.29, 0.717) is 11.6 Å². The topological polar surface area (TPSA) is 56.2 Å². The summed E-state index contributed by atoms with van der Waals surface area (Å²) in [6.45, 7) is 0.491. The Morgan fingerprint density at radius 2 is 2.00 bits per heavy atom. The van der Waals surface area contributed by atoms with Crippen molar-refractivity contribution >= 4 is 17.2 Å². The smallest absolute Gasteiger partial charge is 0.169 e. The monoisotopic (exact) mass is 258 g/mol. The summed E-state index contributed by atoms with van der Waals surface area (Å²) in [4.78, 5) is 0. The number of hydrogen-bond acceptors (Lipinski definition) is 3. The summed E-state index contributed by atoms with van der Waals surface area (Å²) in [6.07, 6.45) is 1.91. The van der Waals surface area contributed by atoms with Crippen LogP contribution in [0.3, 0.4) is 0 Å². The van der Waals surface area contributed by atoms with Crippen LogP contribution in [-0.2, 0) is 6.54 Å². The molecule has 0 saturated heterocycles. The fourth-order valence-electron chi connectivity index (χ4n) is 1.89. The van der Waals surface area contributed by atoms with E-state index in [1.54, 1.807) is 0 Å². The van der Waals surface area contributed by atoms with E-state index < -0.39 is 0 Å². The fourth-order valence-corrected chi connectivity index (χ4v) is 2.11. The van der Waals surface area contributed by atoms with Crippen LogP contribution in [0.4, 0.5) is 0 Å². The second kappa shape index (κ2) is 4.40. The average molecular weight is 259 g/mol. The lowest BCUT2D eigenvalue weighted by Crippen LogP contribution is -1.97. The van der Waals surface area contributed by atoms with Crippen LogP contribution in [-0.4, -0.2) is 14.6 Å². The Labute approximate surface area is 109 Å². The zero-order valence-electron chi connectivity index (χ0n) is 9.55. The molecule has 0 aliphatic heterocycles. The summed E-state index contributed by atoms with van der Waals surface area (Å²) >= 11 is 6.17. The van der Waals surface area contributed by atoms with Crippen molar-refractivity contribution in [3.8, 4) is 11.4 Å². The van der Waals surface area contributed by atoms with E-state index in [4.69, 9.17) is 17.3 Å². The Kier molecular flexibility index (Phi) is 2.74. The normalized spacial score (nSPS) is 11.0. The Balaban J connectivity index is 2.22. The highest BCUT2D eigenvalue weighted by Crippen LogP contribution is 2.26. The molecule has 2 aromatic heterocycles. The molecule has 18 heavy (non-hydrogen) atoms. The van der Waals surface area contributed by atoms with Gasteiger partial charge in [0, 0.05) is 18.3 Å². The third kappa shape index (κ3) is 1.75. The van der Waals surface area contributed by atoms with Gasteiger partial charge in [0.05, 0.1) is 5.02 Å². The molecule has 0 unspecified atom stereocenters. The molecule has 0 aliphatic carbocycles. The molecule has 0 fully saturated rings. The van der Waals surface area contributed by atoms with Gasteiger partial charge in [0.1, 0.15) is 0 Å². The van der Waals surface area contributed by atoms with Crippen molar-refractivity contribution in [2.24, 2.45) is 5.73 Å². The maximum atomic E-state index is 6.17. The molecule has 0 spiro atoms. The summed E-state index contributed by atoms with van der Waals surface area (Å²) in [5.41, 5.74) is 8.27. The van der Waals surface area contributed by atoms with Crippen molar-refractivity contribution in [1.82, 2.24) is 14.6 Å². The van der Waals surface area contributed by atoms with Crippen LogP contribution < -0.4 is 5.73 Å². The van der Waals surface area contributed by atoms with Gasteiger partial charge in [-0.3, -0.25) is 4.40 Å². The first-order valence-corrected chi connectivity index (χ1v) is 5.96. The van der Waals surface area contributed by atoms with Gasteiger partial charge >= 0.3 is 0 Å². The van der Waals surface area contributed by atoms with Gasteiger partial charge in [-0.25, -0.2) is 0 Å². The maximum Gasteiger partial charge on any atom is 0.169 e. The highest BCUT2D eigenvalue weighted by atomic mass is 35.5. The molecule has 0 amide bonds. The molecule has 0 aliphatic rings. The average Bonchev–Trinajstić information content (AvgIpc) is 2.82. The van der Waals surface area contributed by atoms with E-state index in [2.05, 4.69) is 10.2 Å². The van der Waals surface area contributed by atoms with Crippen LogP contribution >= 0.6 is 11.6 Å². The highest BCUT2D eigenvalue weighted by Gasteiger charge is 2.10. The summed E-state index contributed by atoms with van der Waals surface area (Å²) in [7, 11) is 0. The second-order valence-corrected chi connectivity index (χ2v) is 4.38. The van der Waals surface area contributed by atoms with Crippen LogP contribution in [0.25, 0.3) is 17.0 Å². The van der Waals surface area contributed by atoms with E-state index >= 15 is 0 Å². The lowest BCUT2D eigenvalue weighted by molar-refractivity contribution is 1.05. The van der Waals surface area contributed by atoms with Gasteiger partial charge in [0.15, 0.2) is 11.5 Å². The Morgan fingerprint density at radius 1 is 1.17 bits per heavy atom. The predicted molar refractivity (Wildman–Crippen MR) is 71.3 cm³/mol. The quantitative estimate of drug-likeness (QED) is 0.768. The first-order valence-electron chi connectivity index (χ1n) is 5.58. The van der Waals surface area contributed by atoms with Gasteiger partial charge in [-0.2, -0.15) is 0 Å². The van der Waals surface area contributed by atoms with Crippen molar-refractivity contribution < 1.29 is 0 Å². The number of nitrogens with zero attached hydrogens (tertiary/aromatic N) is 3. The number of nitrogens with two attached hydrogens (primary N) is 1. The minimum Gasteiger partial charge on any atom is -0.326 e. The Bertz CT molecular complexity index is 705. The van der Waals surface area contributed by atoms with Crippen LogP contribution in [0.1, 0.15) is 5.56 Å². The van der Waals surface area contributed by atoms with Gasteiger partial charge in [-0.1, -0.05) is 23.7 Å². The minimum atomic E-state index is 0.491. The van der Waals surface area contributed by atoms with E-state index in [0.717, 1.165) is 22.6 Å².